The van der Waals surface area contributed by atoms with Crippen LogP contribution in [0.15, 0.2) is 126 Å². The molecule has 1 aromatic heterocycles. The summed E-state index contributed by atoms with van der Waals surface area (Å²) in [7, 11) is 0. The number of benzene rings is 4. The first kappa shape index (κ1) is 97.5. The number of aromatic nitrogens is 1. The molecule has 1 fully saturated rings. The monoisotopic (exact) mass is 1660 g/mol. The summed E-state index contributed by atoms with van der Waals surface area (Å²) < 4.78 is 0. The minimum atomic E-state index is -1.77. The van der Waals surface area contributed by atoms with E-state index in [4.69, 9.17) is 28.7 Å². The van der Waals surface area contributed by atoms with Crippen molar-refractivity contribution in [1.29, 1.82) is 0 Å². The number of primary amides is 1. The van der Waals surface area contributed by atoms with Crippen molar-refractivity contribution in [3.63, 3.8) is 0 Å². The number of nitrogens with one attached hydrogen (secondary N) is 12. The van der Waals surface area contributed by atoms with E-state index in [0.29, 0.717) is 48.8 Å². The van der Waals surface area contributed by atoms with E-state index in [1.54, 1.807) is 87.6 Å². The topological polar surface area (TPSA) is 536 Å². The Bertz CT molecular complexity index is 4200. The summed E-state index contributed by atoms with van der Waals surface area (Å²) in [6.07, 6.45) is 4.60. The Hall–Kier alpha value is -11.3. The molecule has 5 aromatic rings. The van der Waals surface area contributed by atoms with Gasteiger partial charge in [-0.15, -0.1) is 0 Å². The average Bonchev–Trinajstić information content (AvgIpc) is 1.63. The van der Waals surface area contributed by atoms with Crippen LogP contribution < -0.4 is 87.2 Å². The molecule has 14 atom stereocenters. The number of hydrogen-bond acceptors (Lipinski definition) is 17. The number of aliphatic hydroxyl groups excluding tert-OH is 1. The van der Waals surface area contributed by atoms with E-state index in [2.05, 4.69) is 68.5 Å². The second-order valence-electron chi connectivity index (χ2n) is 32.3. The number of aromatic amines is 1. The predicted molar refractivity (Wildman–Crippen MR) is 458 cm³/mol. The number of aliphatic hydroxyl groups is 1. The summed E-state index contributed by atoms with van der Waals surface area (Å²) >= 11 is 0. The van der Waals surface area contributed by atoms with Gasteiger partial charge in [0.15, 0.2) is 5.96 Å². The molecule has 4 aromatic carbocycles. The lowest BCUT2D eigenvalue weighted by Crippen LogP contribution is -2.62. The second-order valence-corrected chi connectivity index (χ2v) is 32.3. The number of fused-ring (bicyclic) bond motifs is 1. The van der Waals surface area contributed by atoms with Gasteiger partial charge in [0.25, 0.3) is 0 Å². The highest BCUT2D eigenvalue weighted by Gasteiger charge is 2.42. The van der Waals surface area contributed by atoms with Crippen LogP contribution in [-0.2, 0) is 88.0 Å². The summed E-state index contributed by atoms with van der Waals surface area (Å²) in [6.45, 7) is 15.7. The molecule has 656 valence electrons. The highest BCUT2D eigenvalue weighted by Crippen LogP contribution is 2.25. The number of nitrogens with two attached hydrogens (primary N) is 5. The van der Waals surface area contributed by atoms with Crippen molar-refractivity contribution in [2.24, 2.45) is 57.3 Å². The third-order valence-corrected chi connectivity index (χ3v) is 21.2. The molecule has 33 heteroatoms. The zero-order valence-corrected chi connectivity index (χ0v) is 70.7. The Morgan fingerprint density at radius 1 is 0.475 bits per heavy atom. The number of guanidine groups is 1. The first-order valence-electron chi connectivity index (χ1n) is 42.0. The Balaban J connectivity index is 1.23. The first-order chi connectivity index (χ1) is 57.2. The lowest BCUT2D eigenvalue weighted by Gasteiger charge is -2.32. The van der Waals surface area contributed by atoms with Gasteiger partial charge in [0.2, 0.25) is 76.8 Å². The maximum atomic E-state index is 15.2. The lowest BCUT2D eigenvalue weighted by molar-refractivity contribution is -0.143. The minimum absolute atomic E-state index is 0.0196. The Kier molecular flexibility index (Phi) is 40.6. The molecule has 1 saturated heterocycles. The van der Waals surface area contributed by atoms with Gasteiger partial charge in [0.1, 0.15) is 72.5 Å². The van der Waals surface area contributed by atoms with Gasteiger partial charge in [-0.25, -0.2) is 0 Å². The highest BCUT2D eigenvalue weighted by molar-refractivity contribution is 6.01. The Morgan fingerprint density at radius 2 is 0.908 bits per heavy atom. The number of rotatable bonds is 51. The van der Waals surface area contributed by atoms with Crippen LogP contribution in [0.5, 0.6) is 0 Å². The van der Waals surface area contributed by atoms with Crippen molar-refractivity contribution in [1.82, 2.24) is 68.4 Å². The van der Waals surface area contributed by atoms with E-state index in [-0.39, 0.29) is 114 Å². The van der Waals surface area contributed by atoms with E-state index in [9.17, 15) is 57.8 Å². The van der Waals surface area contributed by atoms with Crippen molar-refractivity contribution in [3.05, 3.63) is 144 Å². The largest absolute Gasteiger partial charge is 0.394 e. The van der Waals surface area contributed by atoms with E-state index in [1.807, 2.05) is 96.1 Å². The van der Waals surface area contributed by atoms with Crippen molar-refractivity contribution in [2.75, 3.05) is 26.2 Å². The van der Waals surface area contributed by atoms with E-state index < -0.39 is 174 Å². The van der Waals surface area contributed by atoms with Crippen molar-refractivity contribution in [2.45, 2.75) is 250 Å². The Morgan fingerprint density at radius 3 is 1.41 bits per heavy atom. The smallest absolute Gasteiger partial charge is 0.246 e. The molecule has 6 rings (SSSR count). The van der Waals surface area contributed by atoms with Crippen LogP contribution in [0.2, 0.25) is 0 Å². The fraction of sp³-hybridized carbons (Fsp3) is 0.540. The van der Waals surface area contributed by atoms with E-state index in [0.717, 1.165) is 16.5 Å². The molecule has 13 amide bonds. The van der Waals surface area contributed by atoms with Gasteiger partial charge in [0.05, 0.1) is 12.6 Å². The van der Waals surface area contributed by atoms with Gasteiger partial charge in [-0.1, -0.05) is 191 Å². The number of likely N-dealkylation sites (tertiary alicyclic amines) is 1. The maximum absolute atomic E-state index is 15.2. The van der Waals surface area contributed by atoms with Crippen LogP contribution in [-0.4, -0.2) is 203 Å². The highest BCUT2D eigenvalue weighted by atomic mass is 16.3. The van der Waals surface area contributed by atoms with Crippen molar-refractivity contribution < 1.29 is 67.4 Å². The molecule has 23 N–H and O–H groups in total. The van der Waals surface area contributed by atoms with Gasteiger partial charge < -0.3 is 102 Å². The summed E-state index contributed by atoms with van der Waals surface area (Å²) in [6, 6.07) is 16.9. The van der Waals surface area contributed by atoms with Crippen LogP contribution in [0.1, 0.15) is 168 Å². The van der Waals surface area contributed by atoms with Crippen LogP contribution in [0.4, 0.5) is 0 Å². The summed E-state index contributed by atoms with van der Waals surface area (Å²) in [5.74, 6) is -11.3. The zero-order chi connectivity index (χ0) is 88.1. The third kappa shape index (κ3) is 31.4. The number of hydrogen-bond donors (Lipinski definition) is 18. The number of nitrogens with zero attached hydrogens (tertiary/aromatic N) is 2. The number of H-pyrrole nitrogens is 1. The van der Waals surface area contributed by atoms with E-state index in [1.165, 1.54) is 4.90 Å². The van der Waals surface area contributed by atoms with Crippen LogP contribution in [0.3, 0.4) is 0 Å². The average molecular weight is 1670 g/mol. The van der Waals surface area contributed by atoms with Crippen molar-refractivity contribution in [3.8, 4) is 0 Å². The lowest BCUT2D eigenvalue weighted by atomic mass is 9.96. The van der Waals surface area contributed by atoms with Gasteiger partial charge >= 0.3 is 0 Å². The van der Waals surface area contributed by atoms with Crippen LogP contribution in [0, 0.1) is 23.7 Å². The summed E-state index contributed by atoms with van der Waals surface area (Å²) in [4.78, 5) is 197. The van der Waals surface area contributed by atoms with Crippen LogP contribution in [0.25, 0.3) is 10.9 Å². The standard InChI is InChI=1S/C87H129N19O14/c1-10-12-35-62(76(110)95-64(38-26-41-93-87(91)92)78(112)105-73(54(9)11-2)85(119)98-65(74(90)108)43-51(3)4)96-79(113)66(44-52(5)6)99-80(114)67(46-56-30-18-14-19-31-56)100-77(111)63(37-24-25-40-88)97-83(117)70(50-107)103-81(115)68(47-57-32-20-15-21-33-57)101-82(116)69(48-58-49-94-61-36-23-22-34-59(58)61)102-84(118)71-39-27-42-106(71)86(120)72(53(7)8)104-75(109)60(89)45-55-28-16-13-17-29-55/h13-23,28-34,36,49,51-54,60,62-73,94,107H,10-12,24-27,35,37-48,50,88-89H2,1-9H3,(H2,90,108)(H,95,110)(H,96,113)(H,97,117)(H,98,119)(H,99,114)(H,100,111)(H,101,116)(H,102,118)(H,103,115)(H,104,109)(H,105,112)(H4,91,92,93)/t54-,60-,62+,63-,64-,65-,66+,67-,68-,69-,70-,71-,72-,73-/m0/s1. The number of para-hydroxylation sites is 1. The van der Waals surface area contributed by atoms with Gasteiger partial charge in [-0.05, 0) is 129 Å². The molecular formula is C87H129N19O14. The molecule has 1 aliphatic rings. The molecule has 2 heterocycles. The molecule has 0 aliphatic carbocycles. The minimum Gasteiger partial charge on any atom is -0.394 e. The molecule has 0 bridgehead atoms. The molecule has 1 aliphatic heterocycles. The maximum Gasteiger partial charge on any atom is 0.246 e. The number of carbonyl (C=O) groups is 13. The fourth-order valence-corrected chi connectivity index (χ4v) is 14.3. The molecule has 0 saturated carbocycles. The van der Waals surface area contributed by atoms with Gasteiger partial charge in [0, 0.05) is 49.5 Å². The fourth-order valence-electron chi connectivity index (χ4n) is 14.3. The molecule has 120 heavy (non-hydrogen) atoms. The molecular weight excluding hydrogens is 1540 g/mol. The first-order valence-corrected chi connectivity index (χ1v) is 42.0. The van der Waals surface area contributed by atoms with E-state index >= 15 is 9.59 Å². The number of unbranched alkanes of at least 4 members (excludes halogenated alkanes) is 2. The Labute approximate surface area is 703 Å². The van der Waals surface area contributed by atoms with Crippen molar-refractivity contribution >= 4 is 93.7 Å². The number of aliphatic imine (C=N–C) groups is 1. The molecule has 33 nitrogen and oxygen atoms in total. The molecule has 0 unspecified atom stereocenters. The second kappa shape index (κ2) is 49.9. The third-order valence-electron chi connectivity index (χ3n) is 21.2. The zero-order valence-electron chi connectivity index (χ0n) is 70.7. The summed E-state index contributed by atoms with van der Waals surface area (Å²) in [5.41, 5.74) is 32.5. The molecule has 0 radical (unpaired) electrons. The summed E-state index contributed by atoms with van der Waals surface area (Å²) in [5, 5.41) is 42.2. The predicted octanol–water partition coefficient (Wildman–Crippen LogP) is 1.73. The number of carbonyl (C=O) groups excluding carboxylic acids is 13. The normalized spacial score (nSPS) is 15.9. The molecule has 0 spiro atoms. The number of amides is 13. The van der Waals surface area contributed by atoms with Crippen LogP contribution >= 0.6 is 0 Å². The van der Waals surface area contributed by atoms with Gasteiger partial charge in [-0.2, -0.15) is 0 Å². The van der Waals surface area contributed by atoms with Gasteiger partial charge in [-0.3, -0.25) is 67.3 Å². The SMILES string of the molecule is CCCC[C@@H](NC(=O)[C@@H](CC(C)C)NC(=O)[C@H](Cc1ccccc1)NC(=O)[C@H](CCCCN)NC(=O)[C@H](CO)NC(=O)[C@H](Cc1ccccc1)NC(=O)[C@H](Cc1c[nH]c2ccccc12)NC(=O)[C@@H]1CCCN1C(=O)[C@@H](NC(=O)[C@@H](N)Cc1ccccc1)C(C)C)C(=O)N[C@@H](CCCN=C(N)N)C(=O)N[C@H](C(=O)N[C@@H](CC(C)C)C(N)=O)[C@@H](C)CC. The quantitative estimate of drug-likeness (QED) is 0.0150.